The van der Waals surface area contributed by atoms with Crippen LogP contribution in [-0.4, -0.2) is 18.0 Å². The third-order valence-electron chi connectivity index (χ3n) is 4.35. The molecule has 3 aromatic carbocycles. The molecule has 1 aromatic heterocycles. The number of amides is 1. The Bertz CT molecular complexity index is 1130. The average Bonchev–Trinajstić information content (AvgIpc) is 3.12. The number of aryl methyl sites for hydroxylation is 1. The highest BCUT2D eigenvalue weighted by atomic mass is 16.5. The molecule has 0 saturated carbocycles. The number of nitrogens with zero attached hydrogens (tertiary/aromatic N) is 1. The molecule has 4 rings (SSSR count). The number of carbonyl (C=O) groups is 1. The molecule has 0 aliphatic rings. The SMILES string of the molecule is COc1cccc(-c2nc3cc(NC(=O)c4ccccc4C)ccc3o2)c1. The number of ether oxygens (including phenoxy) is 1. The number of hydrogen-bond acceptors (Lipinski definition) is 4. The molecule has 0 unspecified atom stereocenters. The van der Waals surface area contributed by atoms with E-state index in [1.807, 2.05) is 49.4 Å². The van der Waals surface area contributed by atoms with E-state index in [1.165, 1.54) is 0 Å². The predicted molar refractivity (Wildman–Crippen MR) is 105 cm³/mol. The summed E-state index contributed by atoms with van der Waals surface area (Å²) in [5.74, 6) is 1.09. The van der Waals surface area contributed by atoms with Gasteiger partial charge in [0.15, 0.2) is 5.58 Å². The summed E-state index contributed by atoms with van der Waals surface area (Å²) in [4.78, 5) is 17.0. The van der Waals surface area contributed by atoms with E-state index in [0.717, 1.165) is 16.9 Å². The van der Waals surface area contributed by atoms with E-state index >= 15 is 0 Å². The summed E-state index contributed by atoms with van der Waals surface area (Å²) >= 11 is 0. The van der Waals surface area contributed by atoms with Crippen molar-refractivity contribution in [3.63, 3.8) is 0 Å². The van der Waals surface area contributed by atoms with E-state index in [1.54, 1.807) is 31.4 Å². The van der Waals surface area contributed by atoms with Crippen LogP contribution in [0.1, 0.15) is 15.9 Å². The van der Waals surface area contributed by atoms with Gasteiger partial charge in [-0.15, -0.1) is 0 Å². The highest BCUT2D eigenvalue weighted by Crippen LogP contribution is 2.28. The zero-order valence-electron chi connectivity index (χ0n) is 15.0. The van der Waals surface area contributed by atoms with Crippen molar-refractivity contribution < 1.29 is 13.9 Å². The molecule has 0 fully saturated rings. The number of fused-ring (bicyclic) bond motifs is 1. The summed E-state index contributed by atoms with van der Waals surface area (Å²) < 4.78 is 11.1. The number of nitrogens with one attached hydrogen (secondary N) is 1. The molecule has 5 heteroatoms. The maximum Gasteiger partial charge on any atom is 0.255 e. The molecule has 1 amide bonds. The Morgan fingerprint density at radius 2 is 1.89 bits per heavy atom. The summed E-state index contributed by atoms with van der Waals surface area (Å²) in [6.07, 6.45) is 0. The monoisotopic (exact) mass is 358 g/mol. The van der Waals surface area contributed by atoms with Crippen molar-refractivity contribution in [1.29, 1.82) is 0 Å². The van der Waals surface area contributed by atoms with Gasteiger partial charge in [0, 0.05) is 16.8 Å². The minimum Gasteiger partial charge on any atom is -0.497 e. The zero-order chi connectivity index (χ0) is 18.8. The Balaban J connectivity index is 1.63. The van der Waals surface area contributed by atoms with Crippen molar-refractivity contribution in [2.24, 2.45) is 0 Å². The third-order valence-corrected chi connectivity index (χ3v) is 4.35. The number of anilines is 1. The molecule has 0 atom stereocenters. The van der Waals surface area contributed by atoms with E-state index in [9.17, 15) is 4.79 Å². The number of hydrogen-bond donors (Lipinski definition) is 1. The van der Waals surface area contributed by atoms with E-state index in [-0.39, 0.29) is 5.91 Å². The molecule has 1 N–H and O–H groups in total. The van der Waals surface area contributed by atoms with Crippen LogP contribution in [0.2, 0.25) is 0 Å². The Kier molecular flexibility index (Phi) is 4.34. The number of benzene rings is 3. The van der Waals surface area contributed by atoms with E-state index < -0.39 is 0 Å². The highest BCUT2D eigenvalue weighted by Gasteiger charge is 2.12. The first kappa shape index (κ1) is 16.8. The van der Waals surface area contributed by atoms with Crippen molar-refractivity contribution in [3.05, 3.63) is 77.9 Å². The van der Waals surface area contributed by atoms with Crippen LogP contribution in [0.3, 0.4) is 0 Å². The molecule has 0 radical (unpaired) electrons. The largest absolute Gasteiger partial charge is 0.497 e. The van der Waals surface area contributed by atoms with Gasteiger partial charge >= 0.3 is 0 Å². The first-order valence-corrected chi connectivity index (χ1v) is 8.56. The van der Waals surface area contributed by atoms with Crippen LogP contribution < -0.4 is 10.1 Å². The molecule has 0 aliphatic carbocycles. The molecule has 27 heavy (non-hydrogen) atoms. The van der Waals surface area contributed by atoms with Crippen LogP contribution in [0.15, 0.2) is 71.1 Å². The van der Waals surface area contributed by atoms with Crippen LogP contribution >= 0.6 is 0 Å². The second-order valence-corrected chi connectivity index (χ2v) is 6.20. The van der Waals surface area contributed by atoms with Crippen LogP contribution in [-0.2, 0) is 0 Å². The number of rotatable bonds is 4. The second-order valence-electron chi connectivity index (χ2n) is 6.20. The van der Waals surface area contributed by atoms with E-state index in [2.05, 4.69) is 10.3 Å². The number of carbonyl (C=O) groups excluding carboxylic acids is 1. The third kappa shape index (κ3) is 3.40. The van der Waals surface area contributed by atoms with Gasteiger partial charge in [-0.25, -0.2) is 4.98 Å². The van der Waals surface area contributed by atoms with Gasteiger partial charge in [-0.3, -0.25) is 4.79 Å². The minimum atomic E-state index is -0.149. The number of methoxy groups -OCH3 is 1. The van der Waals surface area contributed by atoms with Gasteiger partial charge in [-0.05, 0) is 55.0 Å². The molecule has 0 spiro atoms. The summed E-state index contributed by atoms with van der Waals surface area (Å²) in [6.45, 7) is 1.91. The van der Waals surface area contributed by atoms with Gasteiger partial charge in [-0.2, -0.15) is 0 Å². The Morgan fingerprint density at radius 3 is 2.70 bits per heavy atom. The quantitative estimate of drug-likeness (QED) is 0.553. The van der Waals surface area contributed by atoms with Crippen molar-refractivity contribution >= 4 is 22.7 Å². The van der Waals surface area contributed by atoms with Crippen molar-refractivity contribution in [3.8, 4) is 17.2 Å². The van der Waals surface area contributed by atoms with E-state index in [4.69, 9.17) is 9.15 Å². The van der Waals surface area contributed by atoms with Gasteiger partial charge < -0.3 is 14.5 Å². The first-order chi connectivity index (χ1) is 13.1. The fourth-order valence-electron chi connectivity index (χ4n) is 2.91. The van der Waals surface area contributed by atoms with Crippen LogP contribution in [0, 0.1) is 6.92 Å². The first-order valence-electron chi connectivity index (χ1n) is 8.56. The van der Waals surface area contributed by atoms with Crippen molar-refractivity contribution in [1.82, 2.24) is 4.98 Å². The molecule has 134 valence electrons. The number of aromatic nitrogens is 1. The standard InChI is InChI=1S/C22H18N2O3/c1-14-6-3-4-9-18(14)21(25)23-16-10-11-20-19(13-16)24-22(27-20)15-7-5-8-17(12-15)26-2/h3-13H,1-2H3,(H,23,25). The van der Waals surface area contributed by atoms with Gasteiger partial charge in [0.25, 0.3) is 5.91 Å². The molecule has 4 aromatic rings. The van der Waals surface area contributed by atoms with E-state index in [0.29, 0.717) is 28.2 Å². The maximum absolute atomic E-state index is 12.5. The fraction of sp³-hybridized carbons (Fsp3) is 0.0909. The molecule has 5 nitrogen and oxygen atoms in total. The smallest absolute Gasteiger partial charge is 0.255 e. The Hall–Kier alpha value is -3.60. The van der Waals surface area contributed by atoms with Gasteiger partial charge in [-0.1, -0.05) is 24.3 Å². The van der Waals surface area contributed by atoms with Gasteiger partial charge in [0.2, 0.25) is 5.89 Å². The summed E-state index contributed by atoms with van der Waals surface area (Å²) in [5.41, 5.74) is 4.40. The lowest BCUT2D eigenvalue weighted by atomic mass is 10.1. The maximum atomic E-state index is 12.5. The molecule has 0 bridgehead atoms. The molecule has 1 heterocycles. The second kappa shape index (κ2) is 6.96. The molecular weight excluding hydrogens is 340 g/mol. The van der Waals surface area contributed by atoms with Gasteiger partial charge in [0.1, 0.15) is 11.3 Å². The normalized spacial score (nSPS) is 10.7. The summed E-state index contributed by atoms with van der Waals surface area (Å²) in [5, 5.41) is 2.92. The minimum absolute atomic E-state index is 0.149. The van der Waals surface area contributed by atoms with Crippen LogP contribution in [0.4, 0.5) is 5.69 Å². The Morgan fingerprint density at radius 1 is 1.04 bits per heavy atom. The molecular formula is C22H18N2O3. The lowest BCUT2D eigenvalue weighted by Crippen LogP contribution is -2.13. The number of oxazole rings is 1. The lowest BCUT2D eigenvalue weighted by molar-refractivity contribution is 0.102. The van der Waals surface area contributed by atoms with Crippen molar-refractivity contribution in [2.45, 2.75) is 6.92 Å². The molecule has 0 saturated heterocycles. The average molecular weight is 358 g/mol. The topological polar surface area (TPSA) is 64.4 Å². The fourth-order valence-corrected chi connectivity index (χ4v) is 2.91. The van der Waals surface area contributed by atoms with Crippen LogP contribution in [0.5, 0.6) is 5.75 Å². The van der Waals surface area contributed by atoms with Crippen molar-refractivity contribution in [2.75, 3.05) is 12.4 Å². The van der Waals surface area contributed by atoms with Gasteiger partial charge in [0.05, 0.1) is 7.11 Å². The summed E-state index contributed by atoms with van der Waals surface area (Å²) in [6, 6.07) is 20.4. The van der Waals surface area contributed by atoms with Crippen LogP contribution in [0.25, 0.3) is 22.6 Å². The lowest BCUT2D eigenvalue weighted by Gasteiger charge is -2.07. The molecule has 0 aliphatic heterocycles. The highest BCUT2D eigenvalue weighted by molar-refractivity contribution is 6.05. The predicted octanol–water partition coefficient (Wildman–Crippen LogP) is 5.06. The summed E-state index contributed by atoms with van der Waals surface area (Å²) in [7, 11) is 1.62. The zero-order valence-corrected chi connectivity index (χ0v) is 15.0. The Labute approximate surface area is 156 Å².